The van der Waals surface area contributed by atoms with Crippen molar-refractivity contribution in [3.8, 4) is 61.4 Å². The van der Waals surface area contributed by atoms with Crippen LogP contribution >= 0.6 is 0 Å². The van der Waals surface area contributed by atoms with Crippen LogP contribution in [-0.4, -0.2) is 5.11 Å². The Labute approximate surface area is 381 Å². The van der Waals surface area contributed by atoms with Gasteiger partial charge in [-0.3, -0.25) is 0 Å². The van der Waals surface area contributed by atoms with Crippen LogP contribution in [-0.2, 0) is 10.8 Å². The second-order valence-electron chi connectivity index (χ2n) is 19.4. The Bertz CT molecular complexity index is 2390. The molecule has 2 aliphatic carbocycles. The Morgan fingerprint density at radius 3 is 1.00 bits per heavy atom. The molecule has 0 spiro atoms. The fraction of sp³-hybridized carbons (Fsp3) is 0.419. The van der Waals surface area contributed by atoms with Gasteiger partial charge in [0.05, 0.1) is 0 Å². The Morgan fingerprint density at radius 1 is 0.302 bits per heavy atom. The highest BCUT2D eigenvalue weighted by Gasteiger charge is 2.44. The third-order valence-corrected chi connectivity index (χ3v) is 15.2. The molecule has 0 aromatic heterocycles. The number of benzene rings is 6. The molecule has 0 fully saturated rings. The van der Waals surface area contributed by atoms with Gasteiger partial charge in [-0.2, -0.15) is 0 Å². The molecule has 63 heavy (non-hydrogen) atoms. The molecule has 0 atom stereocenters. The van der Waals surface area contributed by atoms with E-state index in [2.05, 4.69) is 131 Å². The monoisotopic (exact) mass is 835 g/mol. The lowest BCUT2D eigenvalue weighted by molar-refractivity contribution is 0.401. The van der Waals surface area contributed by atoms with Crippen LogP contribution in [0.25, 0.3) is 55.6 Å². The molecule has 0 radical (unpaired) electrons. The highest BCUT2D eigenvalue weighted by Crippen LogP contribution is 2.58. The van der Waals surface area contributed by atoms with Crippen molar-refractivity contribution >= 4 is 0 Å². The minimum absolute atomic E-state index is 0.0145. The minimum Gasteiger partial charge on any atom is -0.508 e. The third-order valence-electron chi connectivity index (χ3n) is 15.2. The van der Waals surface area contributed by atoms with Gasteiger partial charge in [0.25, 0.3) is 0 Å². The maximum Gasteiger partial charge on any atom is 0.115 e. The van der Waals surface area contributed by atoms with Crippen molar-refractivity contribution in [1.82, 2.24) is 0 Å². The molecule has 0 aliphatic heterocycles. The first-order valence-corrected chi connectivity index (χ1v) is 25.4. The number of phenols is 1. The van der Waals surface area contributed by atoms with Gasteiger partial charge in [-0.25, -0.2) is 0 Å². The molecule has 0 saturated heterocycles. The summed E-state index contributed by atoms with van der Waals surface area (Å²) in [5.41, 5.74) is 19.8. The van der Waals surface area contributed by atoms with Crippen LogP contribution in [0, 0.1) is 0 Å². The number of hydrogen-bond acceptors (Lipinski definition) is 1. The Kier molecular flexibility index (Phi) is 14.7. The van der Waals surface area contributed by atoms with Crippen LogP contribution in [0.2, 0.25) is 0 Å². The second-order valence-corrected chi connectivity index (χ2v) is 19.4. The molecule has 6 aromatic rings. The van der Waals surface area contributed by atoms with Crippen molar-refractivity contribution in [1.29, 1.82) is 0 Å². The molecule has 328 valence electrons. The number of fused-ring (bicyclic) bond motifs is 6. The van der Waals surface area contributed by atoms with Crippen LogP contribution in [0.5, 0.6) is 5.75 Å². The van der Waals surface area contributed by atoms with Gasteiger partial charge in [0, 0.05) is 10.8 Å². The van der Waals surface area contributed by atoms with Crippen LogP contribution in [0.3, 0.4) is 0 Å². The average Bonchev–Trinajstić information content (AvgIpc) is 3.75. The van der Waals surface area contributed by atoms with Crippen molar-refractivity contribution in [2.75, 3.05) is 0 Å². The van der Waals surface area contributed by atoms with Crippen molar-refractivity contribution in [2.45, 2.75) is 167 Å². The maximum absolute atomic E-state index is 9.88. The van der Waals surface area contributed by atoms with Gasteiger partial charge in [-0.15, -0.1) is 0 Å². The zero-order valence-corrected chi connectivity index (χ0v) is 39.2. The van der Waals surface area contributed by atoms with E-state index >= 15 is 0 Å². The first kappa shape index (κ1) is 44.7. The quantitative estimate of drug-likeness (QED) is 0.0638. The topological polar surface area (TPSA) is 20.2 Å². The molecule has 8 rings (SSSR count). The number of rotatable bonds is 23. The van der Waals surface area contributed by atoms with Gasteiger partial charge in [0.15, 0.2) is 0 Å². The van der Waals surface area contributed by atoms with Crippen molar-refractivity contribution in [2.24, 2.45) is 0 Å². The average molecular weight is 835 g/mol. The fourth-order valence-electron chi connectivity index (χ4n) is 11.7. The zero-order chi connectivity index (χ0) is 43.7. The molecule has 6 aromatic carbocycles. The van der Waals surface area contributed by atoms with Gasteiger partial charge >= 0.3 is 0 Å². The predicted octanol–water partition coefficient (Wildman–Crippen LogP) is 18.8. The van der Waals surface area contributed by atoms with Crippen molar-refractivity contribution in [3.05, 3.63) is 150 Å². The van der Waals surface area contributed by atoms with Crippen LogP contribution in [0.4, 0.5) is 0 Å². The number of hydrogen-bond donors (Lipinski definition) is 1. The molecule has 1 heteroatoms. The van der Waals surface area contributed by atoms with Crippen LogP contribution in [0.1, 0.15) is 178 Å². The summed E-state index contributed by atoms with van der Waals surface area (Å²) in [6, 6.07) is 48.7. The smallest absolute Gasteiger partial charge is 0.115 e. The first-order chi connectivity index (χ1) is 31.0. The van der Waals surface area contributed by atoms with Crippen LogP contribution in [0.15, 0.2) is 127 Å². The SMILES string of the molecule is CCCCCCC1(CCCCCC)c2ccccc2-c2ccc(-c3ccc4c(c3)C(CCCCCC)(CCCCCC)c3cc(-c5ccc(-c6ccc(O)cc6)cc5)ccc3-4)cc21. The van der Waals surface area contributed by atoms with E-state index < -0.39 is 0 Å². The largest absolute Gasteiger partial charge is 0.508 e. The van der Waals surface area contributed by atoms with Crippen LogP contribution < -0.4 is 0 Å². The predicted molar refractivity (Wildman–Crippen MR) is 272 cm³/mol. The summed E-state index contributed by atoms with van der Waals surface area (Å²) in [5, 5.41) is 9.88. The minimum atomic E-state index is -0.0145. The number of unbranched alkanes of at least 4 members (excludes halogenated alkanes) is 12. The summed E-state index contributed by atoms with van der Waals surface area (Å²) in [6.45, 7) is 9.36. The Morgan fingerprint density at radius 2 is 0.603 bits per heavy atom. The first-order valence-electron chi connectivity index (χ1n) is 25.4. The highest BCUT2D eigenvalue weighted by atomic mass is 16.3. The summed E-state index contributed by atoms with van der Waals surface area (Å²) in [4.78, 5) is 0. The molecule has 1 N–H and O–H groups in total. The normalized spacial score (nSPS) is 14.0. The highest BCUT2D eigenvalue weighted by molar-refractivity contribution is 5.88. The van der Waals surface area contributed by atoms with E-state index in [1.807, 2.05) is 12.1 Å². The summed E-state index contributed by atoms with van der Waals surface area (Å²) in [5.74, 6) is 0.302. The van der Waals surface area contributed by atoms with E-state index in [-0.39, 0.29) is 10.8 Å². The van der Waals surface area contributed by atoms with Gasteiger partial charge in [0.2, 0.25) is 0 Å². The molecule has 0 bridgehead atoms. The van der Waals surface area contributed by atoms with E-state index in [1.54, 1.807) is 34.4 Å². The summed E-state index contributed by atoms with van der Waals surface area (Å²) in [7, 11) is 0. The van der Waals surface area contributed by atoms with E-state index in [0.717, 1.165) is 5.56 Å². The Balaban J connectivity index is 1.21. The lowest BCUT2D eigenvalue weighted by Crippen LogP contribution is -2.26. The summed E-state index contributed by atoms with van der Waals surface area (Å²) in [6.07, 6.45) is 25.5. The molecular weight excluding hydrogens is 761 g/mol. The summed E-state index contributed by atoms with van der Waals surface area (Å²) >= 11 is 0. The molecule has 0 amide bonds. The van der Waals surface area contributed by atoms with E-state index in [4.69, 9.17) is 0 Å². The Hall–Kier alpha value is -4.88. The zero-order valence-electron chi connectivity index (χ0n) is 39.2. The second kappa shape index (κ2) is 20.7. The standard InChI is InChI=1S/C62H74O/c1-5-9-13-19-39-61(40-20-14-10-6-2)57-24-18-17-23-53(57)54-37-32-50(44-58(54)61)51-33-38-56-55-36-31-49(48-27-25-46(26-28-48)47-29-34-52(63)35-30-47)43-59(55)62(60(56)45-51,41-21-15-11-7-3)42-22-16-12-8-4/h17-18,23-38,43-45,63H,5-16,19-22,39-42H2,1-4H3. The van der Waals surface area contributed by atoms with Crippen molar-refractivity contribution < 1.29 is 5.11 Å². The lowest BCUT2D eigenvalue weighted by atomic mass is 9.69. The maximum atomic E-state index is 9.88. The van der Waals surface area contributed by atoms with E-state index in [9.17, 15) is 5.11 Å². The molecule has 0 saturated carbocycles. The van der Waals surface area contributed by atoms with Gasteiger partial charge in [-0.1, -0.05) is 227 Å². The number of phenolic OH excluding ortho intramolecular Hbond substituents is 1. The molecule has 0 unspecified atom stereocenters. The van der Waals surface area contributed by atoms with E-state index in [1.165, 1.54) is 178 Å². The number of aromatic hydroxyl groups is 1. The van der Waals surface area contributed by atoms with Gasteiger partial charge in [-0.05, 0) is 134 Å². The molecule has 0 heterocycles. The third kappa shape index (κ3) is 9.23. The molecular formula is C62H74O. The summed E-state index contributed by atoms with van der Waals surface area (Å²) < 4.78 is 0. The molecule has 2 aliphatic rings. The lowest BCUT2D eigenvalue weighted by Gasteiger charge is -2.34. The van der Waals surface area contributed by atoms with Gasteiger partial charge < -0.3 is 5.11 Å². The van der Waals surface area contributed by atoms with E-state index in [0.29, 0.717) is 5.75 Å². The van der Waals surface area contributed by atoms with Gasteiger partial charge in [0.1, 0.15) is 5.75 Å². The fourth-order valence-corrected chi connectivity index (χ4v) is 11.7. The molecule has 1 nitrogen and oxygen atoms in total. The van der Waals surface area contributed by atoms with Crippen molar-refractivity contribution in [3.63, 3.8) is 0 Å².